The number of hydrogen-bond donors (Lipinski definition) is 1. The van der Waals surface area contributed by atoms with Gasteiger partial charge in [-0.15, -0.1) is 0 Å². The Hall–Kier alpha value is -0.770. The number of hydrogen-bond acceptors (Lipinski definition) is 2. The topological polar surface area (TPSA) is 32.3 Å². The maximum atomic E-state index is 11.7. The lowest BCUT2D eigenvalue weighted by atomic mass is 9.72. The second-order valence-electron chi connectivity index (χ2n) is 8.04. The van der Waals surface area contributed by atoms with Crippen molar-refractivity contribution in [1.29, 1.82) is 0 Å². The molecule has 0 unspecified atom stereocenters. The van der Waals surface area contributed by atoms with Crippen molar-refractivity contribution in [2.24, 2.45) is 0 Å². The second kappa shape index (κ2) is 6.19. The molecule has 1 aromatic rings. The van der Waals surface area contributed by atoms with Crippen LogP contribution in [-0.4, -0.2) is 29.0 Å². The molecule has 1 aliphatic heterocycles. The molecule has 24 heavy (non-hydrogen) atoms. The number of rotatable bonds is 2. The summed E-state index contributed by atoms with van der Waals surface area (Å²) in [4.78, 5) is 11.7. The van der Waals surface area contributed by atoms with Gasteiger partial charge in [0.15, 0.2) is 0 Å². The highest BCUT2D eigenvalue weighted by Gasteiger charge is 2.50. The average molecular weight is 369 g/mol. The minimum absolute atomic E-state index is 0.0174. The first-order valence-electron chi connectivity index (χ1n) is 8.65. The van der Waals surface area contributed by atoms with Crippen molar-refractivity contribution >= 4 is 29.3 Å². The Labute approximate surface area is 154 Å². The van der Waals surface area contributed by atoms with E-state index in [0.29, 0.717) is 0 Å². The van der Waals surface area contributed by atoms with E-state index >= 15 is 0 Å². The first-order valence-corrected chi connectivity index (χ1v) is 9.36. The highest BCUT2D eigenvalue weighted by atomic mass is 35.5. The van der Waals surface area contributed by atoms with Crippen molar-refractivity contribution in [3.63, 3.8) is 0 Å². The minimum atomic E-state index is -0.289. The summed E-state index contributed by atoms with van der Waals surface area (Å²) in [5, 5.41) is 3.99. The molecule has 0 aromatic heterocycles. The van der Waals surface area contributed by atoms with Gasteiger partial charge >= 0.3 is 0 Å². The number of carbonyl (C=O) groups excluding carboxylic acids is 1. The Kier molecular flexibility index (Phi) is 4.65. The zero-order valence-corrected chi connectivity index (χ0v) is 16.4. The molecule has 1 saturated heterocycles. The Bertz CT molecular complexity index is 664. The number of halogens is 2. The Morgan fingerprint density at radius 3 is 2.54 bits per heavy atom. The lowest BCUT2D eigenvalue weighted by Gasteiger charge is -2.39. The quantitative estimate of drug-likeness (QED) is 0.777. The largest absolute Gasteiger partial charge is 0.351 e. The summed E-state index contributed by atoms with van der Waals surface area (Å²) < 4.78 is 1.88. The molecular formula is C19H26Cl2N2O. The van der Waals surface area contributed by atoms with Crippen LogP contribution in [0, 0.1) is 6.92 Å². The van der Waals surface area contributed by atoms with Crippen LogP contribution in [0.4, 0.5) is 0 Å². The second-order valence-corrected chi connectivity index (χ2v) is 8.92. The zero-order chi connectivity index (χ0) is 17.7. The van der Waals surface area contributed by atoms with E-state index < -0.39 is 0 Å². The van der Waals surface area contributed by atoms with Crippen molar-refractivity contribution in [3.05, 3.63) is 33.8 Å². The molecule has 2 aliphatic rings. The highest BCUT2D eigenvalue weighted by Crippen LogP contribution is 2.55. The van der Waals surface area contributed by atoms with Crippen LogP contribution in [0.5, 0.6) is 0 Å². The fourth-order valence-corrected chi connectivity index (χ4v) is 4.96. The Balaban J connectivity index is 2.06. The fraction of sp³-hybridized carbons (Fsp3) is 0.632. The lowest BCUT2D eigenvalue weighted by molar-refractivity contribution is -0.120. The van der Waals surface area contributed by atoms with E-state index in [1.54, 1.807) is 6.92 Å². The number of benzene rings is 1. The number of aryl methyl sites for hydroxylation is 1. The third kappa shape index (κ3) is 3.07. The summed E-state index contributed by atoms with van der Waals surface area (Å²) in [6.07, 6.45) is 3.12. The molecule has 3 rings (SSSR count). The van der Waals surface area contributed by atoms with E-state index in [-0.39, 0.29) is 22.8 Å². The van der Waals surface area contributed by atoms with Gasteiger partial charge in [0.2, 0.25) is 5.91 Å². The molecule has 132 valence electrons. The minimum Gasteiger partial charge on any atom is -0.351 e. The normalized spacial score (nSPS) is 23.3. The van der Waals surface area contributed by atoms with Crippen LogP contribution >= 0.6 is 23.4 Å². The number of carbonyl (C=O) groups is 1. The lowest BCUT2D eigenvalue weighted by Crippen LogP contribution is -2.47. The molecule has 1 spiro atoms. The van der Waals surface area contributed by atoms with Gasteiger partial charge < -0.3 is 5.32 Å². The maximum absolute atomic E-state index is 11.7. The van der Waals surface area contributed by atoms with Gasteiger partial charge in [0, 0.05) is 36.5 Å². The molecule has 1 atom stereocenters. The predicted octanol–water partition coefficient (Wildman–Crippen LogP) is 4.54. The van der Waals surface area contributed by atoms with Gasteiger partial charge in [-0.25, -0.2) is 4.42 Å². The van der Waals surface area contributed by atoms with E-state index in [1.165, 1.54) is 11.1 Å². The number of piperidine rings is 1. The summed E-state index contributed by atoms with van der Waals surface area (Å²) in [6, 6.07) is 4.40. The average Bonchev–Trinajstić information content (AvgIpc) is 2.77. The molecule has 1 N–H and O–H groups in total. The molecule has 1 amide bonds. The van der Waals surface area contributed by atoms with Gasteiger partial charge in [-0.05, 0) is 80.0 Å². The predicted molar refractivity (Wildman–Crippen MR) is 99.8 cm³/mol. The SMILES string of the molecule is CC(=O)NC(C)(C)[C@H]1CC2(CCN(Cl)CC2)c2cc(Cl)c(C)cc21. The third-order valence-corrected chi connectivity index (χ3v) is 6.65. The molecule has 5 heteroatoms. The molecule has 0 saturated carbocycles. The van der Waals surface area contributed by atoms with Crippen molar-refractivity contribution in [3.8, 4) is 0 Å². The van der Waals surface area contributed by atoms with Crippen LogP contribution in [0.25, 0.3) is 0 Å². The van der Waals surface area contributed by atoms with Gasteiger partial charge in [-0.3, -0.25) is 4.79 Å². The number of nitrogens with zero attached hydrogens (tertiary/aromatic N) is 1. The first kappa shape index (κ1) is 18.0. The summed E-state index contributed by atoms with van der Waals surface area (Å²) in [5.74, 6) is 0.304. The van der Waals surface area contributed by atoms with E-state index in [0.717, 1.165) is 42.9 Å². The smallest absolute Gasteiger partial charge is 0.217 e. The summed E-state index contributed by atoms with van der Waals surface area (Å²) in [7, 11) is 0. The Morgan fingerprint density at radius 1 is 1.33 bits per heavy atom. The zero-order valence-electron chi connectivity index (χ0n) is 14.9. The molecule has 1 aliphatic carbocycles. The van der Waals surface area contributed by atoms with Crippen molar-refractivity contribution < 1.29 is 4.79 Å². The van der Waals surface area contributed by atoms with Crippen LogP contribution in [-0.2, 0) is 10.2 Å². The van der Waals surface area contributed by atoms with Crippen LogP contribution in [0.3, 0.4) is 0 Å². The molecule has 1 heterocycles. The molecule has 1 aromatic carbocycles. The summed E-state index contributed by atoms with van der Waals surface area (Å²) in [5.41, 5.74) is 3.65. The van der Waals surface area contributed by atoms with Crippen LogP contribution < -0.4 is 5.32 Å². The van der Waals surface area contributed by atoms with E-state index in [1.807, 2.05) is 4.42 Å². The van der Waals surface area contributed by atoms with Gasteiger partial charge in [0.25, 0.3) is 0 Å². The summed E-state index contributed by atoms with van der Waals surface area (Å²) in [6.45, 7) is 9.68. The van der Waals surface area contributed by atoms with Gasteiger partial charge in [0.05, 0.1) is 0 Å². The Morgan fingerprint density at radius 2 is 1.96 bits per heavy atom. The maximum Gasteiger partial charge on any atom is 0.217 e. The van der Waals surface area contributed by atoms with Gasteiger partial charge in [-0.1, -0.05) is 17.7 Å². The number of amides is 1. The van der Waals surface area contributed by atoms with Crippen molar-refractivity contribution in [2.75, 3.05) is 13.1 Å². The van der Waals surface area contributed by atoms with Crippen molar-refractivity contribution in [1.82, 2.24) is 9.74 Å². The van der Waals surface area contributed by atoms with Gasteiger partial charge in [0.1, 0.15) is 0 Å². The number of nitrogens with one attached hydrogen (secondary N) is 1. The molecule has 0 bridgehead atoms. The molecule has 3 nitrogen and oxygen atoms in total. The fourth-order valence-electron chi connectivity index (χ4n) is 4.63. The third-order valence-electron chi connectivity index (χ3n) is 5.91. The highest BCUT2D eigenvalue weighted by molar-refractivity contribution is 6.31. The van der Waals surface area contributed by atoms with E-state index in [9.17, 15) is 4.79 Å². The summed E-state index contributed by atoms with van der Waals surface area (Å²) >= 11 is 12.7. The van der Waals surface area contributed by atoms with Gasteiger partial charge in [-0.2, -0.15) is 0 Å². The van der Waals surface area contributed by atoms with Crippen LogP contribution in [0.2, 0.25) is 5.02 Å². The number of fused-ring (bicyclic) bond motifs is 2. The van der Waals surface area contributed by atoms with E-state index in [2.05, 4.69) is 38.2 Å². The van der Waals surface area contributed by atoms with E-state index in [4.69, 9.17) is 23.4 Å². The van der Waals surface area contributed by atoms with Crippen LogP contribution in [0.1, 0.15) is 62.6 Å². The first-order chi connectivity index (χ1) is 11.1. The molecular weight excluding hydrogens is 343 g/mol. The molecule has 0 radical (unpaired) electrons. The van der Waals surface area contributed by atoms with Crippen LogP contribution in [0.15, 0.2) is 12.1 Å². The monoisotopic (exact) mass is 368 g/mol. The standard InChI is InChI=1S/C19H26Cl2N2O/c1-12-9-14-15(10-17(12)20)19(5-7-23(21)8-6-19)11-16(14)18(3,4)22-13(2)24/h9-10,16H,5-8,11H2,1-4H3,(H,22,24)/t16-/m0/s1. The molecule has 1 fully saturated rings. The van der Waals surface area contributed by atoms with Crippen molar-refractivity contribution in [2.45, 2.75) is 63.8 Å².